The van der Waals surface area contributed by atoms with Crippen LogP contribution in [0.4, 0.5) is 5.69 Å². The summed E-state index contributed by atoms with van der Waals surface area (Å²) in [5.41, 5.74) is 1.33. The smallest absolute Gasteiger partial charge is 0.142 e. The van der Waals surface area contributed by atoms with Gasteiger partial charge >= 0.3 is 0 Å². The SMILES string of the molecule is N#Cc1cc(NCCn2ccnc2)ccn1. The first-order valence-electron chi connectivity index (χ1n) is 4.94. The zero-order valence-electron chi connectivity index (χ0n) is 8.67. The lowest BCUT2D eigenvalue weighted by Crippen LogP contribution is -2.09. The van der Waals surface area contributed by atoms with Crippen LogP contribution < -0.4 is 5.32 Å². The first-order valence-corrected chi connectivity index (χ1v) is 4.94. The molecule has 0 spiro atoms. The number of imidazole rings is 1. The Morgan fingerprint density at radius 2 is 2.38 bits per heavy atom. The predicted molar refractivity (Wildman–Crippen MR) is 59.7 cm³/mol. The summed E-state index contributed by atoms with van der Waals surface area (Å²) in [5.74, 6) is 0. The summed E-state index contributed by atoms with van der Waals surface area (Å²) in [6.07, 6.45) is 7.06. The Morgan fingerprint density at radius 1 is 1.44 bits per heavy atom. The van der Waals surface area contributed by atoms with Crippen LogP contribution in [-0.4, -0.2) is 21.1 Å². The highest BCUT2D eigenvalue weighted by atomic mass is 15.0. The summed E-state index contributed by atoms with van der Waals surface area (Å²) in [6, 6.07) is 5.58. The van der Waals surface area contributed by atoms with Gasteiger partial charge in [0.1, 0.15) is 11.8 Å². The van der Waals surface area contributed by atoms with Gasteiger partial charge in [-0.3, -0.25) is 0 Å². The van der Waals surface area contributed by atoms with Gasteiger partial charge in [-0.1, -0.05) is 0 Å². The first-order chi connectivity index (χ1) is 7.88. The molecule has 0 unspecified atom stereocenters. The molecule has 0 aliphatic carbocycles. The number of nitriles is 1. The molecule has 0 aliphatic rings. The molecule has 0 fully saturated rings. The zero-order valence-corrected chi connectivity index (χ0v) is 8.67. The quantitative estimate of drug-likeness (QED) is 0.830. The molecule has 80 valence electrons. The van der Waals surface area contributed by atoms with E-state index in [0.29, 0.717) is 5.69 Å². The van der Waals surface area contributed by atoms with Crippen LogP contribution in [0.5, 0.6) is 0 Å². The Hall–Kier alpha value is -2.35. The molecule has 2 rings (SSSR count). The van der Waals surface area contributed by atoms with Gasteiger partial charge in [0.05, 0.1) is 6.33 Å². The lowest BCUT2D eigenvalue weighted by atomic mass is 10.3. The van der Waals surface area contributed by atoms with Gasteiger partial charge in [-0.05, 0) is 12.1 Å². The van der Waals surface area contributed by atoms with Gasteiger partial charge in [0.25, 0.3) is 0 Å². The number of nitrogens with zero attached hydrogens (tertiary/aromatic N) is 4. The third kappa shape index (κ3) is 2.58. The monoisotopic (exact) mass is 213 g/mol. The van der Waals surface area contributed by atoms with E-state index in [-0.39, 0.29) is 0 Å². The fourth-order valence-corrected chi connectivity index (χ4v) is 1.35. The van der Waals surface area contributed by atoms with Crippen LogP contribution in [0.2, 0.25) is 0 Å². The lowest BCUT2D eigenvalue weighted by Gasteiger charge is -2.06. The molecule has 1 N–H and O–H groups in total. The van der Waals surface area contributed by atoms with Gasteiger partial charge < -0.3 is 9.88 Å². The summed E-state index contributed by atoms with van der Waals surface area (Å²) in [7, 11) is 0. The fourth-order valence-electron chi connectivity index (χ4n) is 1.35. The van der Waals surface area contributed by atoms with E-state index < -0.39 is 0 Å². The van der Waals surface area contributed by atoms with Gasteiger partial charge in [0, 0.05) is 37.4 Å². The van der Waals surface area contributed by atoms with Crippen molar-refractivity contribution in [3.8, 4) is 6.07 Å². The van der Waals surface area contributed by atoms with Crippen LogP contribution in [-0.2, 0) is 6.54 Å². The molecule has 0 aliphatic heterocycles. The minimum Gasteiger partial charge on any atom is -0.383 e. The second kappa shape index (κ2) is 4.94. The number of rotatable bonds is 4. The van der Waals surface area contributed by atoms with Gasteiger partial charge in [-0.2, -0.15) is 5.26 Å². The maximum Gasteiger partial charge on any atom is 0.142 e. The summed E-state index contributed by atoms with van der Waals surface area (Å²) in [6.45, 7) is 1.62. The minimum atomic E-state index is 0.424. The predicted octanol–water partition coefficient (Wildman–Crippen LogP) is 1.26. The summed E-state index contributed by atoms with van der Waals surface area (Å²) >= 11 is 0. The Balaban J connectivity index is 1.88. The standard InChI is InChI=1S/C11H11N5/c12-8-11-7-10(1-2-14-11)15-4-6-16-5-3-13-9-16/h1-3,5,7,9H,4,6H2,(H,14,15). The third-order valence-electron chi connectivity index (χ3n) is 2.13. The molecule has 5 heteroatoms. The van der Waals surface area contributed by atoms with Crippen molar-refractivity contribution in [3.63, 3.8) is 0 Å². The second-order valence-electron chi connectivity index (χ2n) is 3.27. The Labute approximate surface area is 93.4 Å². The highest BCUT2D eigenvalue weighted by Crippen LogP contribution is 2.06. The number of anilines is 1. The molecule has 16 heavy (non-hydrogen) atoms. The molecule has 2 aromatic heterocycles. The van der Waals surface area contributed by atoms with Gasteiger partial charge in [-0.15, -0.1) is 0 Å². The van der Waals surface area contributed by atoms with Crippen molar-refractivity contribution in [3.05, 3.63) is 42.7 Å². The molecule has 2 aromatic rings. The van der Waals surface area contributed by atoms with Crippen LogP contribution >= 0.6 is 0 Å². The van der Waals surface area contributed by atoms with E-state index in [0.717, 1.165) is 18.8 Å². The molecule has 0 saturated carbocycles. The Morgan fingerprint density at radius 3 is 3.12 bits per heavy atom. The van der Waals surface area contributed by atoms with Crippen LogP contribution in [0.1, 0.15) is 5.69 Å². The van der Waals surface area contributed by atoms with Crippen molar-refractivity contribution in [1.29, 1.82) is 5.26 Å². The van der Waals surface area contributed by atoms with Crippen LogP contribution in [0, 0.1) is 11.3 Å². The minimum absolute atomic E-state index is 0.424. The second-order valence-corrected chi connectivity index (χ2v) is 3.27. The number of aromatic nitrogens is 3. The van der Waals surface area contributed by atoms with Crippen molar-refractivity contribution < 1.29 is 0 Å². The fraction of sp³-hybridized carbons (Fsp3) is 0.182. The van der Waals surface area contributed by atoms with Crippen molar-refractivity contribution in [2.45, 2.75) is 6.54 Å². The van der Waals surface area contributed by atoms with Crippen molar-refractivity contribution in [1.82, 2.24) is 14.5 Å². The lowest BCUT2D eigenvalue weighted by molar-refractivity contribution is 0.727. The highest BCUT2D eigenvalue weighted by molar-refractivity contribution is 5.45. The summed E-state index contributed by atoms with van der Waals surface area (Å²) < 4.78 is 1.99. The highest BCUT2D eigenvalue weighted by Gasteiger charge is 1.95. The molecule has 0 saturated heterocycles. The van der Waals surface area contributed by atoms with E-state index in [1.807, 2.05) is 22.9 Å². The number of nitrogens with one attached hydrogen (secondary N) is 1. The molecular formula is C11H11N5. The molecule has 0 atom stereocenters. The normalized spacial score (nSPS) is 9.69. The molecule has 0 amide bonds. The van der Waals surface area contributed by atoms with E-state index in [1.54, 1.807) is 24.8 Å². The van der Waals surface area contributed by atoms with E-state index in [1.165, 1.54) is 0 Å². The Kier molecular flexibility index (Phi) is 3.14. The molecule has 5 nitrogen and oxygen atoms in total. The van der Waals surface area contributed by atoms with Crippen molar-refractivity contribution in [2.75, 3.05) is 11.9 Å². The maximum absolute atomic E-state index is 8.69. The molecule has 0 bridgehead atoms. The van der Waals surface area contributed by atoms with Crippen molar-refractivity contribution in [2.24, 2.45) is 0 Å². The largest absolute Gasteiger partial charge is 0.383 e. The van der Waals surface area contributed by atoms with E-state index >= 15 is 0 Å². The number of pyridine rings is 1. The molecule has 0 radical (unpaired) electrons. The summed E-state index contributed by atoms with van der Waals surface area (Å²) in [4.78, 5) is 7.86. The topological polar surface area (TPSA) is 66.5 Å². The van der Waals surface area contributed by atoms with Crippen LogP contribution in [0.15, 0.2) is 37.1 Å². The molecular weight excluding hydrogens is 202 g/mol. The van der Waals surface area contributed by atoms with Gasteiger partial charge in [0.2, 0.25) is 0 Å². The first kappa shape index (κ1) is 10.2. The third-order valence-corrected chi connectivity index (χ3v) is 2.13. The van der Waals surface area contributed by atoms with E-state index in [4.69, 9.17) is 5.26 Å². The van der Waals surface area contributed by atoms with E-state index in [9.17, 15) is 0 Å². The summed E-state index contributed by atoms with van der Waals surface area (Å²) in [5, 5.41) is 11.9. The van der Waals surface area contributed by atoms with Crippen LogP contribution in [0.25, 0.3) is 0 Å². The van der Waals surface area contributed by atoms with Crippen LogP contribution in [0.3, 0.4) is 0 Å². The zero-order chi connectivity index (χ0) is 11.2. The number of hydrogen-bond donors (Lipinski definition) is 1. The Bertz CT molecular complexity index is 483. The van der Waals surface area contributed by atoms with E-state index in [2.05, 4.69) is 15.3 Å². The molecule has 0 aromatic carbocycles. The van der Waals surface area contributed by atoms with Gasteiger partial charge in [-0.25, -0.2) is 9.97 Å². The van der Waals surface area contributed by atoms with Crippen molar-refractivity contribution >= 4 is 5.69 Å². The average Bonchev–Trinajstić information content (AvgIpc) is 2.82. The maximum atomic E-state index is 8.69. The van der Waals surface area contributed by atoms with Gasteiger partial charge in [0.15, 0.2) is 0 Å². The molecule has 2 heterocycles. The average molecular weight is 213 g/mol. The number of hydrogen-bond acceptors (Lipinski definition) is 4.